The van der Waals surface area contributed by atoms with Crippen LogP contribution in [0.2, 0.25) is 0 Å². The van der Waals surface area contributed by atoms with E-state index in [-0.39, 0.29) is 11.5 Å². The third kappa shape index (κ3) is 3.21. The van der Waals surface area contributed by atoms with Gasteiger partial charge in [0.05, 0.1) is 0 Å². The van der Waals surface area contributed by atoms with Crippen LogP contribution in [0.5, 0.6) is 0 Å². The molecule has 3 atom stereocenters. The molecule has 0 amide bonds. The minimum atomic E-state index is 0.195. The fourth-order valence-corrected chi connectivity index (χ4v) is 3.66. The molecule has 3 nitrogen and oxygen atoms in total. The smallest absolute Gasteiger partial charge is 0.0367 e. The number of hydrogen-bond acceptors (Lipinski definition) is 3. The Kier molecular flexibility index (Phi) is 4.82. The molecule has 1 aromatic rings. The summed E-state index contributed by atoms with van der Waals surface area (Å²) < 4.78 is 0. The summed E-state index contributed by atoms with van der Waals surface area (Å²) in [6.07, 6.45) is 7.36. The van der Waals surface area contributed by atoms with Gasteiger partial charge in [0.25, 0.3) is 0 Å². The first-order valence-corrected chi connectivity index (χ1v) is 7.86. The minimum absolute atomic E-state index is 0.195. The van der Waals surface area contributed by atoms with Crippen molar-refractivity contribution in [1.82, 2.24) is 9.88 Å². The summed E-state index contributed by atoms with van der Waals surface area (Å²) in [5.74, 6) is 0. The molecule has 2 rings (SSSR count). The summed E-state index contributed by atoms with van der Waals surface area (Å²) in [6.45, 7) is 10.3. The third-order valence-corrected chi connectivity index (χ3v) is 4.48. The van der Waals surface area contributed by atoms with Crippen molar-refractivity contribution in [1.29, 1.82) is 0 Å². The lowest BCUT2D eigenvalue weighted by atomic mass is 9.80. The first-order valence-electron chi connectivity index (χ1n) is 7.86. The average Bonchev–Trinajstić information content (AvgIpc) is 2.87. The molecule has 0 aromatic carbocycles. The maximum absolute atomic E-state index is 6.47. The Labute approximate surface area is 123 Å². The van der Waals surface area contributed by atoms with Gasteiger partial charge >= 0.3 is 0 Å². The Hall–Kier alpha value is -0.930. The topological polar surface area (TPSA) is 42.1 Å². The van der Waals surface area contributed by atoms with Crippen molar-refractivity contribution in [3.63, 3.8) is 0 Å². The maximum atomic E-state index is 6.47. The van der Waals surface area contributed by atoms with Gasteiger partial charge in [0, 0.05) is 30.5 Å². The van der Waals surface area contributed by atoms with E-state index in [1.165, 1.54) is 18.4 Å². The maximum Gasteiger partial charge on any atom is 0.0367 e. The van der Waals surface area contributed by atoms with Gasteiger partial charge in [-0.3, -0.25) is 9.88 Å². The highest BCUT2D eigenvalue weighted by molar-refractivity contribution is 5.16. The fourth-order valence-electron chi connectivity index (χ4n) is 3.66. The van der Waals surface area contributed by atoms with E-state index in [9.17, 15) is 0 Å². The molecule has 0 bridgehead atoms. The summed E-state index contributed by atoms with van der Waals surface area (Å²) in [5, 5.41) is 0. The molecular weight excluding hydrogens is 246 g/mol. The molecular formula is C17H29N3. The molecule has 1 aliphatic rings. The molecule has 0 saturated carbocycles. The summed E-state index contributed by atoms with van der Waals surface area (Å²) in [4.78, 5) is 6.92. The van der Waals surface area contributed by atoms with Crippen LogP contribution in [-0.2, 0) is 0 Å². The van der Waals surface area contributed by atoms with Gasteiger partial charge in [0.2, 0.25) is 0 Å². The van der Waals surface area contributed by atoms with Crippen molar-refractivity contribution < 1.29 is 0 Å². The Morgan fingerprint density at radius 3 is 2.75 bits per heavy atom. The van der Waals surface area contributed by atoms with Crippen LogP contribution in [0.25, 0.3) is 0 Å². The second-order valence-electron chi connectivity index (χ2n) is 7.07. The van der Waals surface area contributed by atoms with E-state index in [1.54, 1.807) is 0 Å². The zero-order valence-electron chi connectivity index (χ0n) is 13.3. The number of hydrogen-bond donors (Lipinski definition) is 1. The minimum Gasteiger partial charge on any atom is -0.326 e. The van der Waals surface area contributed by atoms with Crippen LogP contribution in [0.4, 0.5) is 0 Å². The number of nitrogens with two attached hydrogens (primary N) is 1. The predicted octanol–water partition coefficient (Wildman–Crippen LogP) is 3.37. The molecule has 3 unspecified atom stereocenters. The van der Waals surface area contributed by atoms with Gasteiger partial charge in [-0.2, -0.15) is 0 Å². The highest BCUT2D eigenvalue weighted by Crippen LogP contribution is 2.39. The second-order valence-corrected chi connectivity index (χ2v) is 7.07. The van der Waals surface area contributed by atoms with Crippen molar-refractivity contribution in [2.45, 2.75) is 65.1 Å². The zero-order valence-corrected chi connectivity index (χ0v) is 13.3. The number of aromatic nitrogens is 1. The molecule has 1 aliphatic heterocycles. The van der Waals surface area contributed by atoms with E-state index in [2.05, 4.69) is 43.6 Å². The zero-order chi connectivity index (χ0) is 14.8. The highest BCUT2D eigenvalue weighted by Gasteiger charge is 2.40. The van der Waals surface area contributed by atoms with E-state index in [0.29, 0.717) is 12.1 Å². The Bertz CT molecular complexity index is 410. The van der Waals surface area contributed by atoms with Crippen LogP contribution in [-0.4, -0.2) is 28.5 Å². The molecule has 3 heteroatoms. The summed E-state index contributed by atoms with van der Waals surface area (Å²) >= 11 is 0. The predicted molar refractivity (Wildman–Crippen MR) is 84.4 cm³/mol. The second kappa shape index (κ2) is 6.23. The molecule has 2 N–H and O–H groups in total. The van der Waals surface area contributed by atoms with E-state index in [1.807, 2.05) is 18.5 Å². The number of pyridine rings is 1. The lowest BCUT2D eigenvalue weighted by Crippen LogP contribution is -2.54. The number of nitrogens with zero attached hydrogens (tertiary/aromatic N) is 2. The van der Waals surface area contributed by atoms with Crippen LogP contribution in [0, 0.1) is 5.41 Å². The van der Waals surface area contributed by atoms with Gasteiger partial charge in [-0.05, 0) is 42.9 Å². The Morgan fingerprint density at radius 2 is 2.20 bits per heavy atom. The summed E-state index contributed by atoms with van der Waals surface area (Å²) in [5.41, 5.74) is 8.00. The monoisotopic (exact) mass is 275 g/mol. The molecule has 1 fully saturated rings. The SMILES string of the molecule is CCC(N)C(N1CCCC1c1cccnc1)C(C)(C)C. The van der Waals surface area contributed by atoms with E-state index in [4.69, 9.17) is 5.73 Å². The lowest BCUT2D eigenvalue weighted by molar-refractivity contribution is 0.0650. The van der Waals surface area contributed by atoms with E-state index in [0.717, 1.165) is 13.0 Å². The fraction of sp³-hybridized carbons (Fsp3) is 0.706. The van der Waals surface area contributed by atoms with Gasteiger partial charge in [-0.15, -0.1) is 0 Å². The molecule has 1 aromatic heterocycles. The summed E-state index contributed by atoms with van der Waals surface area (Å²) in [6, 6.07) is 5.36. The van der Waals surface area contributed by atoms with Crippen LogP contribution < -0.4 is 5.73 Å². The van der Waals surface area contributed by atoms with Crippen molar-refractivity contribution in [3.8, 4) is 0 Å². The Balaban J connectivity index is 2.28. The van der Waals surface area contributed by atoms with Crippen molar-refractivity contribution in [2.75, 3.05) is 6.54 Å². The van der Waals surface area contributed by atoms with Gasteiger partial charge in [-0.1, -0.05) is 33.8 Å². The molecule has 0 aliphatic carbocycles. The van der Waals surface area contributed by atoms with Crippen LogP contribution in [0.1, 0.15) is 58.6 Å². The molecule has 2 heterocycles. The highest BCUT2D eigenvalue weighted by atomic mass is 15.2. The van der Waals surface area contributed by atoms with Crippen molar-refractivity contribution in [2.24, 2.45) is 11.1 Å². The molecule has 0 radical (unpaired) electrons. The molecule has 20 heavy (non-hydrogen) atoms. The molecule has 0 spiro atoms. The van der Waals surface area contributed by atoms with Crippen molar-refractivity contribution >= 4 is 0 Å². The van der Waals surface area contributed by atoms with Crippen molar-refractivity contribution in [3.05, 3.63) is 30.1 Å². The first-order chi connectivity index (χ1) is 9.45. The molecule has 1 saturated heterocycles. The van der Waals surface area contributed by atoms with Gasteiger partial charge in [-0.25, -0.2) is 0 Å². The van der Waals surface area contributed by atoms with Crippen LogP contribution in [0.3, 0.4) is 0 Å². The van der Waals surface area contributed by atoms with Gasteiger partial charge in [0.15, 0.2) is 0 Å². The normalized spacial score (nSPS) is 23.8. The quantitative estimate of drug-likeness (QED) is 0.916. The first kappa shape index (κ1) is 15.5. The van der Waals surface area contributed by atoms with Crippen LogP contribution >= 0.6 is 0 Å². The molecule has 112 valence electrons. The number of likely N-dealkylation sites (tertiary alicyclic amines) is 1. The van der Waals surface area contributed by atoms with Crippen LogP contribution in [0.15, 0.2) is 24.5 Å². The lowest BCUT2D eigenvalue weighted by Gasteiger charge is -2.44. The average molecular weight is 275 g/mol. The van der Waals surface area contributed by atoms with E-state index < -0.39 is 0 Å². The van der Waals surface area contributed by atoms with Gasteiger partial charge < -0.3 is 5.73 Å². The number of rotatable bonds is 4. The standard InChI is InChI=1S/C17H29N3/c1-5-14(18)16(17(2,3)4)20-11-7-9-15(20)13-8-6-10-19-12-13/h6,8,10,12,14-16H,5,7,9,11,18H2,1-4H3. The van der Waals surface area contributed by atoms with E-state index >= 15 is 0 Å². The van der Waals surface area contributed by atoms with Gasteiger partial charge in [0.1, 0.15) is 0 Å². The Morgan fingerprint density at radius 1 is 1.45 bits per heavy atom. The third-order valence-electron chi connectivity index (χ3n) is 4.48. The largest absolute Gasteiger partial charge is 0.326 e. The summed E-state index contributed by atoms with van der Waals surface area (Å²) in [7, 11) is 0.